The van der Waals surface area contributed by atoms with Crippen LogP contribution in [0, 0.1) is 17.1 Å². The molecule has 0 spiro atoms. The zero-order chi connectivity index (χ0) is 20.3. The molecule has 1 fully saturated rings. The number of nitriles is 1. The van der Waals surface area contributed by atoms with Crippen molar-refractivity contribution >= 4 is 11.8 Å². The normalized spacial score (nSPS) is 16.3. The number of ether oxygens (including phenoxy) is 1. The Morgan fingerprint density at radius 2 is 2.07 bits per heavy atom. The van der Waals surface area contributed by atoms with Gasteiger partial charge in [0.05, 0.1) is 36.5 Å². The van der Waals surface area contributed by atoms with Crippen molar-refractivity contribution in [3.63, 3.8) is 0 Å². The average Bonchev–Trinajstić information content (AvgIpc) is 2.72. The summed E-state index contributed by atoms with van der Waals surface area (Å²) in [6, 6.07) is 10.8. The zero-order valence-electron chi connectivity index (χ0n) is 15.0. The van der Waals surface area contributed by atoms with Crippen molar-refractivity contribution in [2.24, 2.45) is 5.73 Å². The number of hydrogen-bond acceptors (Lipinski definition) is 4. The van der Waals surface area contributed by atoms with E-state index < -0.39 is 11.7 Å². The molecular weight excluding hydrogens is 361 g/mol. The second-order valence-corrected chi connectivity index (χ2v) is 6.34. The van der Waals surface area contributed by atoms with Gasteiger partial charge in [-0.15, -0.1) is 0 Å². The van der Waals surface area contributed by atoms with Crippen molar-refractivity contribution in [1.29, 1.82) is 5.26 Å². The molecule has 1 aliphatic rings. The van der Waals surface area contributed by atoms with E-state index in [0.717, 1.165) is 6.07 Å². The first kappa shape index (κ1) is 19.3. The first-order valence-electron chi connectivity index (χ1n) is 8.60. The van der Waals surface area contributed by atoms with E-state index in [-0.39, 0.29) is 24.1 Å². The van der Waals surface area contributed by atoms with Gasteiger partial charge in [0.1, 0.15) is 5.82 Å². The van der Waals surface area contributed by atoms with Gasteiger partial charge in [-0.3, -0.25) is 9.59 Å². The number of primary amides is 1. The summed E-state index contributed by atoms with van der Waals surface area (Å²) in [6.07, 6.45) is 1.24. The number of halogens is 1. The number of amides is 2. The van der Waals surface area contributed by atoms with Gasteiger partial charge in [-0.25, -0.2) is 4.39 Å². The van der Waals surface area contributed by atoms with E-state index in [2.05, 4.69) is 12.6 Å². The summed E-state index contributed by atoms with van der Waals surface area (Å²) in [6.45, 7) is 4.64. The maximum absolute atomic E-state index is 13.8. The van der Waals surface area contributed by atoms with E-state index in [9.17, 15) is 19.2 Å². The predicted octanol–water partition coefficient (Wildman–Crippen LogP) is 2.55. The summed E-state index contributed by atoms with van der Waals surface area (Å²) in [5, 5.41) is 9.43. The van der Waals surface area contributed by atoms with Crippen LogP contribution in [0.1, 0.15) is 27.5 Å². The molecule has 1 heterocycles. The minimum atomic E-state index is -0.876. The minimum Gasteiger partial charge on any atom is -0.377 e. The number of benzene rings is 2. The number of morpholine rings is 1. The number of nitrogens with zero attached hydrogens (tertiary/aromatic N) is 2. The fraction of sp³-hybridized carbons (Fsp3) is 0.190. The highest BCUT2D eigenvalue weighted by atomic mass is 19.1. The summed E-state index contributed by atoms with van der Waals surface area (Å²) in [5.41, 5.74) is 7.21. The number of carbonyl (C=O) groups excluding carboxylic acids is 2. The Labute approximate surface area is 161 Å². The molecule has 0 aromatic heterocycles. The van der Waals surface area contributed by atoms with Gasteiger partial charge in [0.15, 0.2) is 0 Å². The minimum absolute atomic E-state index is 0.227. The molecule has 0 radical (unpaired) electrons. The van der Waals surface area contributed by atoms with Gasteiger partial charge in [-0.2, -0.15) is 5.26 Å². The molecule has 7 heteroatoms. The Hall–Kier alpha value is -3.50. The average molecular weight is 379 g/mol. The van der Waals surface area contributed by atoms with E-state index in [1.54, 1.807) is 23.1 Å². The van der Waals surface area contributed by atoms with Crippen LogP contribution in [0.3, 0.4) is 0 Å². The first-order valence-corrected chi connectivity index (χ1v) is 8.60. The van der Waals surface area contributed by atoms with Crippen LogP contribution >= 0.6 is 0 Å². The Kier molecular flexibility index (Phi) is 5.52. The van der Waals surface area contributed by atoms with Crippen molar-refractivity contribution in [1.82, 2.24) is 4.90 Å². The van der Waals surface area contributed by atoms with Gasteiger partial charge in [0.25, 0.3) is 5.91 Å². The molecule has 0 aliphatic carbocycles. The molecule has 0 bridgehead atoms. The molecule has 3 rings (SSSR count). The quantitative estimate of drug-likeness (QED) is 0.826. The van der Waals surface area contributed by atoms with Crippen molar-refractivity contribution in [2.45, 2.75) is 6.04 Å². The van der Waals surface area contributed by atoms with Gasteiger partial charge >= 0.3 is 0 Å². The molecule has 2 aromatic carbocycles. The van der Waals surface area contributed by atoms with E-state index >= 15 is 0 Å². The topological polar surface area (TPSA) is 96.4 Å². The third kappa shape index (κ3) is 3.77. The third-order valence-electron chi connectivity index (χ3n) is 4.62. The third-order valence-corrected chi connectivity index (χ3v) is 4.62. The Morgan fingerprint density at radius 1 is 1.29 bits per heavy atom. The summed E-state index contributed by atoms with van der Waals surface area (Å²) in [5.74, 6) is -1.81. The molecule has 1 aliphatic heterocycles. The van der Waals surface area contributed by atoms with Gasteiger partial charge in [0, 0.05) is 6.54 Å². The lowest BCUT2D eigenvalue weighted by Gasteiger charge is -2.35. The molecule has 1 unspecified atom stereocenters. The highest BCUT2D eigenvalue weighted by Crippen LogP contribution is 2.31. The van der Waals surface area contributed by atoms with Crippen LogP contribution in [-0.4, -0.2) is 36.5 Å². The largest absolute Gasteiger partial charge is 0.377 e. The molecule has 2 N–H and O–H groups in total. The maximum Gasteiger partial charge on any atom is 0.251 e. The van der Waals surface area contributed by atoms with Crippen LogP contribution in [0.5, 0.6) is 0 Å². The predicted molar refractivity (Wildman–Crippen MR) is 101 cm³/mol. The lowest BCUT2D eigenvalue weighted by molar-refractivity contribution is -0.134. The van der Waals surface area contributed by atoms with Gasteiger partial charge in [-0.1, -0.05) is 12.6 Å². The zero-order valence-corrected chi connectivity index (χ0v) is 15.0. The van der Waals surface area contributed by atoms with Crippen LogP contribution < -0.4 is 5.73 Å². The van der Waals surface area contributed by atoms with Crippen molar-refractivity contribution in [3.05, 3.63) is 71.6 Å². The first-order chi connectivity index (χ1) is 13.4. The molecule has 28 heavy (non-hydrogen) atoms. The van der Waals surface area contributed by atoms with Crippen molar-refractivity contribution < 1.29 is 18.7 Å². The van der Waals surface area contributed by atoms with E-state index in [1.807, 2.05) is 0 Å². The Bertz CT molecular complexity index is 997. The number of carbonyl (C=O) groups is 2. The molecular formula is C21H18FN3O3. The molecule has 142 valence electrons. The summed E-state index contributed by atoms with van der Waals surface area (Å²) < 4.78 is 19.3. The van der Waals surface area contributed by atoms with Crippen LogP contribution in [0.15, 0.2) is 49.1 Å². The lowest BCUT2D eigenvalue weighted by atomic mass is 9.94. The monoisotopic (exact) mass is 379 g/mol. The van der Waals surface area contributed by atoms with E-state index in [4.69, 9.17) is 10.5 Å². The lowest BCUT2D eigenvalue weighted by Crippen LogP contribution is -2.42. The van der Waals surface area contributed by atoms with Crippen LogP contribution in [0.4, 0.5) is 4.39 Å². The molecule has 6 nitrogen and oxygen atoms in total. The van der Waals surface area contributed by atoms with Gasteiger partial charge in [-0.05, 0) is 53.1 Å². The molecule has 0 saturated carbocycles. The Morgan fingerprint density at radius 3 is 2.75 bits per heavy atom. The smallest absolute Gasteiger partial charge is 0.251 e. The number of rotatable bonds is 4. The fourth-order valence-corrected chi connectivity index (χ4v) is 3.23. The molecule has 2 aromatic rings. The second kappa shape index (κ2) is 8.03. The SMILES string of the molecule is C=CC(=O)N1CCOCC1c1cc(C#N)cc(-c2ccc(F)c(C(N)=O)c2)c1. The number of hydrogen-bond donors (Lipinski definition) is 1. The summed E-state index contributed by atoms with van der Waals surface area (Å²) in [7, 11) is 0. The van der Waals surface area contributed by atoms with Gasteiger partial charge < -0.3 is 15.4 Å². The van der Waals surface area contributed by atoms with E-state index in [0.29, 0.717) is 35.4 Å². The number of nitrogens with two attached hydrogens (primary N) is 1. The Balaban J connectivity index is 2.09. The van der Waals surface area contributed by atoms with Crippen molar-refractivity contribution in [3.8, 4) is 17.2 Å². The molecule has 1 atom stereocenters. The van der Waals surface area contributed by atoms with Crippen LogP contribution in [0.2, 0.25) is 0 Å². The maximum atomic E-state index is 13.8. The van der Waals surface area contributed by atoms with Crippen LogP contribution in [0.25, 0.3) is 11.1 Å². The van der Waals surface area contributed by atoms with E-state index in [1.165, 1.54) is 18.2 Å². The second-order valence-electron chi connectivity index (χ2n) is 6.34. The van der Waals surface area contributed by atoms with Gasteiger partial charge in [0.2, 0.25) is 5.91 Å². The fourth-order valence-electron chi connectivity index (χ4n) is 3.23. The standard InChI is InChI=1S/C21H18FN3O3/c1-2-20(26)25-5-6-28-12-19(25)16-8-13(11-23)7-15(9-16)14-3-4-18(22)17(10-14)21(24)27/h2-4,7-10,19H,1,5-6,12H2,(H2,24,27). The summed E-state index contributed by atoms with van der Waals surface area (Å²) in [4.78, 5) is 25.3. The highest BCUT2D eigenvalue weighted by Gasteiger charge is 2.28. The molecule has 2 amide bonds. The summed E-state index contributed by atoms with van der Waals surface area (Å²) >= 11 is 0. The van der Waals surface area contributed by atoms with Crippen LogP contribution in [-0.2, 0) is 9.53 Å². The molecule has 1 saturated heterocycles. The van der Waals surface area contributed by atoms with Crippen molar-refractivity contribution in [2.75, 3.05) is 19.8 Å². The highest BCUT2D eigenvalue weighted by molar-refractivity contribution is 5.94.